The Morgan fingerprint density at radius 2 is 2.35 bits per heavy atom. The normalized spacial score (nSPS) is 11.6. The molecule has 0 atom stereocenters. The standard InChI is InChI=1S/C14H18N4O2/c1-4-9-5-15-12-11(18-9)10(6-16-12)13(20)17-7-14(2,3)8-19/h4-6,19H,1,7-8H2,2-3H3,(H,15,16)(H,17,20). The Hall–Kier alpha value is -2.21. The predicted molar refractivity (Wildman–Crippen MR) is 77.2 cm³/mol. The van der Waals surface area contributed by atoms with Crippen LogP contribution in [-0.4, -0.2) is 39.1 Å². The fraction of sp³-hybridized carbons (Fsp3) is 0.357. The number of aromatic amines is 1. The maximum Gasteiger partial charge on any atom is 0.255 e. The molecule has 3 N–H and O–H groups in total. The molecule has 0 radical (unpaired) electrons. The number of aliphatic hydroxyl groups is 1. The minimum absolute atomic E-state index is 0.00157. The van der Waals surface area contributed by atoms with Crippen LogP contribution in [0.15, 0.2) is 19.0 Å². The highest BCUT2D eigenvalue weighted by atomic mass is 16.3. The number of fused-ring (bicyclic) bond motifs is 1. The summed E-state index contributed by atoms with van der Waals surface area (Å²) in [6.07, 6.45) is 4.75. The number of aliphatic hydroxyl groups excluding tert-OH is 1. The number of aromatic nitrogens is 3. The summed E-state index contributed by atoms with van der Waals surface area (Å²) in [5.41, 5.74) is 1.76. The average Bonchev–Trinajstić information content (AvgIpc) is 2.87. The molecule has 6 heteroatoms. The molecule has 2 rings (SSSR count). The van der Waals surface area contributed by atoms with Gasteiger partial charge in [-0.05, 0) is 6.08 Å². The number of hydrogen-bond donors (Lipinski definition) is 3. The van der Waals surface area contributed by atoms with Crippen LogP contribution in [0.1, 0.15) is 29.9 Å². The van der Waals surface area contributed by atoms with E-state index in [-0.39, 0.29) is 17.9 Å². The molecule has 1 amide bonds. The molecule has 0 aromatic carbocycles. The smallest absolute Gasteiger partial charge is 0.255 e. The Balaban J connectivity index is 2.24. The molecule has 0 spiro atoms. The summed E-state index contributed by atoms with van der Waals surface area (Å²) in [6.45, 7) is 7.76. The van der Waals surface area contributed by atoms with E-state index in [1.807, 2.05) is 13.8 Å². The van der Waals surface area contributed by atoms with E-state index in [1.54, 1.807) is 18.5 Å². The van der Waals surface area contributed by atoms with Crippen molar-refractivity contribution < 1.29 is 9.90 Å². The second-order valence-electron chi connectivity index (χ2n) is 5.40. The van der Waals surface area contributed by atoms with E-state index in [1.165, 1.54) is 0 Å². The van der Waals surface area contributed by atoms with Gasteiger partial charge in [0.2, 0.25) is 0 Å². The Labute approximate surface area is 116 Å². The summed E-state index contributed by atoms with van der Waals surface area (Å²) in [6, 6.07) is 0. The quantitative estimate of drug-likeness (QED) is 0.767. The molecule has 0 saturated carbocycles. The molecule has 0 unspecified atom stereocenters. The van der Waals surface area contributed by atoms with Crippen LogP contribution >= 0.6 is 0 Å². The first-order valence-electron chi connectivity index (χ1n) is 6.32. The van der Waals surface area contributed by atoms with Gasteiger partial charge in [0.1, 0.15) is 5.52 Å². The van der Waals surface area contributed by atoms with Crippen molar-refractivity contribution in [2.75, 3.05) is 13.2 Å². The van der Waals surface area contributed by atoms with Gasteiger partial charge in [-0.3, -0.25) is 4.79 Å². The molecule has 0 bridgehead atoms. The number of carbonyl (C=O) groups excluding carboxylic acids is 1. The van der Waals surface area contributed by atoms with E-state index < -0.39 is 0 Å². The number of nitrogens with zero attached hydrogens (tertiary/aromatic N) is 2. The second kappa shape index (κ2) is 5.42. The molecule has 20 heavy (non-hydrogen) atoms. The maximum absolute atomic E-state index is 12.2. The van der Waals surface area contributed by atoms with E-state index in [0.717, 1.165) is 0 Å². The highest BCUT2D eigenvalue weighted by Gasteiger charge is 2.20. The van der Waals surface area contributed by atoms with Gasteiger partial charge in [0.25, 0.3) is 5.91 Å². The van der Waals surface area contributed by atoms with Crippen molar-refractivity contribution in [1.82, 2.24) is 20.3 Å². The number of nitrogens with one attached hydrogen (secondary N) is 2. The van der Waals surface area contributed by atoms with Crippen molar-refractivity contribution in [2.45, 2.75) is 13.8 Å². The van der Waals surface area contributed by atoms with Crippen molar-refractivity contribution in [3.63, 3.8) is 0 Å². The Morgan fingerprint density at radius 3 is 3.00 bits per heavy atom. The molecule has 0 aliphatic rings. The van der Waals surface area contributed by atoms with Crippen LogP contribution < -0.4 is 5.32 Å². The SMILES string of the molecule is C=Cc1cnc2[nH]cc(C(=O)NCC(C)(C)CO)c2n1. The van der Waals surface area contributed by atoms with Crippen molar-refractivity contribution >= 4 is 23.1 Å². The Kier molecular flexibility index (Phi) is 3.85. The summed E-state index contributed by atoms with van der Waals surface area (Å²) >= 11 is 0. The molecule has 6 nitrogen and oxygen atoms in total. The molecular formula is C14H18N4O2. The van der Waals surface area contributed by atoms with Crippen molar-refractivity contribution in [3.8, 4) is 0 Å². The van der Waals surface area contributed by atoms with E-state index in [0.29, 0.717) is 29.0 Å². The first kappa shape index (κ1) is 14.2. The van der Waals surface area contributed by atoms with E-state index in [2.05, 4.69) is 26.8 Å². The van der Waals surface area contributed by atoms with Gasteiger partial charge < -0.3 is 15.4 Å². The lowest BCUT2D eigenvalue weighted by Crippen LogP contribution is -2.36. The molecule has 0 saturated heterocycles. The van der Waals surface area contributed by atoms with Gasteiger partial charge in [-0.1, -0.05) is 20.4 Å². The zero-order valence-electron chi connectivity index (χ0n) is 11.6. The van der Waals surface area contributed by atoms with Gasteiger partial charge in [-0.2, -0.15) is 0 Å². The summed E-state index contributed by atoms with van der Waals surface area (Å²) in [4.78, 5) is 23.6. The molecular weight excluding hydrogens is 256 g/mol. The Bertz CT molecular complexity index is 646. The highest BCUT2D eigenvalue weighted by molar-refractivity contribution is 6.04. The van der Waals surface area contributed by atoms with Gasteiger partial charge in [0.15, 0.2) is 5.65 Å². The van der Waals surface area contributed by atoms with Gasteiger partial charge in [-0.15, -0.1) is 0 Å². The minimum Gasteiger partial charge on any atom is -0.396 e. The monoisotopic (exact) mass is 274 g/mol. The highest BCUT2D eigenvalue weighted by Crippen LogP contribution is 2.16. The van der Waals surface area contributed by atoms with E-state index in [9.17, 15) is 9.90 Å². The third kappa shape index (κ3) is 2.85. The third-order valence-electron chi connectivity index (χ3n) is 3.01. The maximum atomic E-state index is 12.2. The number of rotatable bonds is 5. The zero-order chi connectivity index (χ0) is 14.8. The summed E-state index contributed by atoms with van der Waals surface area (Å²) in [5.74, 6) is -0.242. The summed E-state index contributed by atoms with van der Waals surface area (Å²) < 4.78 is 0. The number of H-pyrrole nitrogens is 1. The molecule has 0 aliphatic carbocycles. The van der Waals surface area contributed by atoms with Crippen LogP contribution in [0.3, 0.4) is 0 Å². The van der Waals surface area contributed by atoms with Crippen molar-refractivity contribution in [3.05, 3.63) is 30.2 Å². The van der Waals surface area contributed by atoms with Crippen LogP contribution in [0.2, 0.25) is 0 Å². The van der Waals surface area contributed by atoms with Crippen LogP contribution in [0.4, 0.5) is 0 Å². The van der Waals surface area contributed by atoms with E-state index >= 15 is 0 Å². The lowest BCUT2D eigenvalue weighted by Gasteiger charge is -2.21. The molecule has 2 aromatic rings. The lowest BCUT2D eigenvalue weighted by atomic mass is 9.95. The molecule has 2 aromatic heterocycles. The van der Waals surface area contributed by atoms with Crippen molar-refractivity contribution in [1.29, 1.82) is 0 Å². The summed E-state index contributed by atoms with van der Waals surface area (Å²) in [7, 11) is 0. The first-order valence-corrected chi connectivity index (χ1v) is 6.32. The minimum atomic E-state index is -0.361. The predicted octanol–water partition coefficient (Wildman–Crippen LogP) is 1.35. The van der Waals surface area contributed by atoms with Gasteiger partial charge in [0, 0.05) is 24.8 Å². The molecule has 106 valence electrons. The molecule has 0 aliphatic heterocycles. The van der Waals surface area contributed by atoms with Crippen LogP contribution in [0.5, 0.6) is 0 Å². The zero-order valence-corrected chi connectivity index (χ0v) is 11.6. The van der Waals surface area contributed by atoms with Crippen LogP contribution in [-0.2, 0) is 0 Å². The second-order valence-corrected chi connectivity index (χ2v) is 5.40. The third-order valence-corrected chi connectivity index (χ3v) is 3.01. The first-order chi connectivity index (χ1) is 9.46. The van der Waals surface area contributed by atoms with Gasteiger partial charge in [-0.25, -0.2) is 9.97 Å². The molecule has 0 fully saturated rings. The summed E-state index contributed by atoms with van der Waals surface area (Å²) in [5, 5.41) is 12.0. The van der Waals surface area contributed by atoms with Crippen LogP contribution in [0.25, 0.3) is 17.2 Å². The van der Waals surface area contributed by atoms with Crippen LogP contribution in [0, 0.1) is 5.41 Å². The number of amides is 1. The fourth-order valence-electron chi connectivity index (χ4n) is 1.65. The number of carbonyl (C=O) groups is 1. The van der Waals surface area contributed by atoms with E-state index in [4.69, 9.17) is 0 Å². The molecule has 2 heterocycles. The average molecular weight is 274 g/mol. The fourth-order valence-corrected chi connectivity index (χ4v) is 1.65. The largest absolute Gasteiger partial charge is 0.396 e. The Morgan fingerprint density at radius 1 is 1.60 bits per heavy atom. The lowest BCUT2D eigenvalue weighted by molar-refractivity contribution is 0.0912. The van der Waals surface area contributed by atoms with Gasteiger partial charge in [0.05, 0.1) is 17.5 Å². The number of hydrogen-bond acceptors (Lipinski definition) is 4. The van der Waals surface area contributed by atoms with Crippen molar-refractivity contribution in [2.24, 2.45) is 5.41 Å². The van der Waals surface area contributed by atoms with Gasteiger partial charge >= 0.3 is 0 Å². The topological polar surface area (TPSA) is 90.9 Å².